The molecule has 4 nitrogen and oxygen atoms in total. The Balaban J connectivity index is 1.20. The van der Waals surface area contributed by atoms with Gasteiger partial charge in [0.25, 0.3) is 0 Å². The number of ether oxygens (including phenoxy) is 1. The number of amides is 1. The average molecular weight is 431 g/mol. The Morgan fingerprint density at radius 3 is 2.66 bits per heavy atom. The molecule has 5 rings (SSSR count). The largest absolute Gasteiger partial charge is 0.493 e. The third-order valence-electron chi connectivity index (χ3n) is 7.05. The number of carbonyl (C=O) groups excluding carboxylic acids is 1. The van der Waals surface area contributed by atoms with Gasteiger partial charge in [-0.2, -0.15) is 0 Å². The van der Waals surface area contributed by atoms with Crippen molar-refractivity contribution in [2.24, 2.45) is 11.8 Å². The van der Waals surface area contributed by atoms with Crippen LogP contribution in [-0.4, -0.2) is 24.0 Å². The minimum Gasteiger partial charge on any atom is -0.493 e. The smallest absolute Gasteiger partial charge is 0.223 e. The first-order valence-corrected chi connectivity index (χ1v) is 12.1. The lowest BCUT2D eigenvalue weighted by Gasteiger charge is -2.30. The summed E-state index contributed by atoms with van der Waals surface area (Å²) >= 11 is 0. The number of hydrogen-bond donors (Lipinski definition) is 1. The van der Waals surface area contributed by atoms with E-state index < -0.39 is 0 Å². The van der Waals surface area contributed by atoms with Crippen molar-refractivity contribution in [3.63, 3.8) is 0 Å². The van der Waals surface area contributed by atoms with Gasteiger partial charge in [0.05, 0.1) is 12.6 Å². The van der Waals surface area contributed by atoms with E-state index in [0.29, 0.717) is 0 Å². The Labute approximate surface area is 191 Å². The van der Waals surface area contributed by atoms with E-state index >= 15 is 0 Å². The van der Waals surface area contributed by atoms with Gasteiger partial charge in [-0.05, 0) is 73.3 Å². The topological polar surface area (TPSA) is 41.6 Å². The summed E-state index contributed by atoms with van der Waals surface area (Å²) in [6.07, 6.45) is 7.69. The number of nitrogens with zero attached hydrogens (tertiary/aromatic N) is 1. The molecular formula is C28H34N2O2. The quantitative estimate of drug-likeness (QED) is 0.590. The number of carbonyl (C=O) groups is 1. The van der Waals surface area contributed by atoms with E-state index in [4.69, 9.17) is 4.74 Å². The SMILES string of the molecule is C=Cc1c(OCC2CC2)ccc2c1CCN(Cc1ccc([C@H](C)NC(=O)C3CC3)cc1)C2. The first-order valence-electron chi connectivity index (χ1n) is 12.1. The molecule has 168 valence electrons. The van der Waals surface area contributed by atoms with E-state index in [1.807, 2.05) is 6.08 Å². The molecule has 3 aliphatic rings. The van der Waals surface area contributed by atoms with Crippen LogP contribution in [0.3, 0.4) is 0 Å². The van der Waals surface area contributed by atoms with Crippen molar-refractivity contribution < 1.29 is 9.53 Å². The fourth-order valence-corrected chi connectivity index (χ4v) is 4.63. The highest BCUT2D eigenvalue weighted by Crippen LogP contribution is 2.34. The van der Waals surface area contributed by atoms with Gasteiger partial charge in [-0.25, -0.2) is 0 Å². The highest BCUT2D eigenvalue weighted by atomic mass is 16.5. The monoisotopic (exact) mass is 430 g/mol. The van der Waals surface area contributed by atoms with Gasteiger partial charge in [0.1, 0.15) is 5.75 Å². The Morgan fingerprint density at radius 2 is 1.97 bits per heavy atom. The maximum atomic E-state index is 12.0. The fraction of sp³-hybridized carbons (Fsp3) is 0.464. The van der Waals surface area contributed by atoms with Gasteiger partial charge in [0.2, 0.25) is 5.91 Å². The van der Waals surface area contributed by atoms with Crippen LogP contribution < -0.4 is 10.1 Å². The molecule has 1 heterocycles. The maximum absolute atomic E-state index is 12.0. The summed E-state index contributed by atoms with van der Waals surface area (Å²) in [7, 11) is 0. The summed E-state index contributed by atoms with van der Waals surface area (Å²) < 4.78 is 6.10. The summed E-state index contributed by atoms with van der Waals surface area (Å²) in [5.41, 5.74) is 6.46. The Bertz CT molecular complexity index is 989. The van der Waals surface area contributed by atoms with Crippen LogP contribution in [0.2, 0.25) is 0 Å². The Morgan fingerprint density at radius 1 is 1.19 bits per heavy atom. The molecular weight excluding hydrogens is 396 g/mol. The molecule has 0 aromatic heterocycles. The molecule has 2 aromatic rings. The van der Waals surface area contributed by atoms with Gasteiger partial charge >= 0.3 is 0 Å². The van der Waals surface area contributed by atoms with E-state index in [1.54, 1.807) is 0 Å². The van der Waals surface area contributed by atoms with Crippen LogP contribution in [0.15, 0.2) is 43.0 Å². The van der Waals surface area contributed by atoms with Crippen LogP contribution in [0.25, 0.3) is 6.08 Å². The van der Waals surface area contributed by atoms with E-state index in [1.165, 1.54) is 40.7 Å². The molecule has 0 radical (unpaired) electrons. The first-order chi connectivity index (χ1) is 15.6. The molecule has 2 saturated carbocycles. The van der Waals surface area contributed by atoms with Crippen molar-refractivity contribution in [3.8, 4) is 5.75 Å². The van der Waals surface area contributed by atoms with Crippen LogP contribution in [0.5, 0.6) is 5.75 Å². The van der Waals surface area contributed by atoms with Crippen molar-refractivity contribution in [1.82, 2.24) is 10.2 Å². The van der Waals surface area contributed by atoms with Crippen LogP contribution in [0.1, 0.15) is 66.5 Å². The Kier molecular flexibility index (Phi) is 6.05. The maximum Gasteiger partial charge on any atom is 0.223 e. The molecule has 1 amide bonds. The second-order valence-electron chi connectivity index (χ2n) is 9.78. The molecule has 0 spiro atoms. The van der Waals surface area contributed by atoms with Crippen molar-refractivity contribution in [1.29, 1.82) is 0 Å². The predicted molar refractivity (Wildman–Crippen MR) is 128 cm³/mol. The molecule has 0 unspecified atom stereocenters. The van der Waals surface area contributed by atoms with Crippen LogP contribution in [-0.2, 0) is 24.3 Å². The normalized spacial score (nSPS) is 19.2. The zero-order chi connectivity index (χ0) is 22.1. The lowest BCUT2D eigenvalue weighted by atomic mass is 9.93. The van der Waals surface area contributed by atoms with Crippen LogP contribution in [0, 0.1) is 11.8 Å². The molecule has 2 aliphatic carbocycles. The standard InChI is InChI=1S/C28H34N2O2/c1-3-25-26-14-15-30(17-24(26)12-13-27(25)32-18-21-4-5-21)16-20-6-8-22(9-7-20)19(2)29-28(31)23-10-11-23/h3,6-9,12-13,19,21,23H,1,4-5,10-11,14-18H2,2H3,(H,29,31)/t19-/m0/s1. The molecule has 1 N–H and O–H groups in total. The number of hydrogen-bond acceptors (Lipinski definition) is 3. The van der Waals surface area contributed by atoms with Crippen molar-refractivity contribution in [2.45, 2.75) is 58.2 Å². The first kappa shape index (κ1) is 21.3. The van der Waals surface area contributed by atoms with E-state index in [9.17, 15) is 4.79 Å². The minimum absolute atomic E-state index is 0.0627. The predicted octanol–water partition coefficient (Wildman–Crippen LogP) is 5.26. The zero-order valence-electron chi connectivity index (χ0n) is 19.1. The van der Waals surface area contributed by atoms with Gasteiger partial charge in [0.15, 0.2) is 0 Å². The van der Waals surface area contributed by atoms with Crippen molar-refractivity contribution >= 4 is 12.0 Å². The van der Waals surface area contributed by atoms with E-state index in [-0.39, 0.29) is 17.9 Å². The van der Waals surface area contributed by atoms with Gasteiger partial charge in [-0.3, -0.25) is 9.69 Å². The third kappa shape index (κ3) is 4.91. The lowest BCUT2D eigenvalue weighted by molar-refractivity contribution is -0.122. The lowest BCUT2D eigenvalue weighted by Crippen LogP contribution is -2.30. The third-order valence-corrected chi connectivity index (χ3v) is 7.05. The van der Waals surface area contributed by atoms with Gasteiger partial charge < -0.3 is 10.1 Å². The highest BCUT2D eigenvalue weighted by molar-refractivity contribution is 5.81. The molecule has 4 heteroatoms. The average Bonchev–Trinajstić information content (AvgIpc) is 3.71. The van der Waals surface area contributed by atoms with Crippen LogP contribution in [0.4, 0.5) is 0 Å². The van der Waals surface area contributed by atoms with Crippen LogP contribution >= 0.6 is 0 Å². The summed E-state index contributed by atoms with van der Waals surface area (Å²) in [5.74, 6) is 2.20. The number of benzene rings is 2. The van der Waals surface area contributed by atoms with Crippen molar-refractivity contribution in [2.75, 3.05) is 13.2 Å². The van der Waals surface area contributed by atoms with Gasteiger partial charge in [-0.15, -0.1) is 0 Å². The number of rotatable bonds is 9. The zero-order valence-corrected chi connectivity index (χ0v) is 19.1. The van der Waals surface area contributed by atoms with Gasteiger partial charge in [0, 0.05) is 31.1 Å². The molecule has 2 aromatic carbocycles. The second kappa shape index (κ2) is 9.11. The molecule has 0 saturated heterocycles. The summed E-state index contributed by atoms with van der Waals surface area (Å²) in [5, 5.41) is 3.14. The molecule has 0 bridgehead atoms. The van der Waals surface area contributed by atoms with E-state index in [0.717, 1.165) is 57.2 Å². The number of nitrogens with one attached hydrogen (secondary N) is 1. The minimum atomic E-state index is 0.0627. The molecule has 1 aliphatic heterocycles. The molecule has 2 fully saturated rings. The molecule has 1 atom stereocenters. The van der Waals surface area contributed by atoms with Crippen molar-refractivity contribution in [3.05, 3.63) is 70.8 Å². The van der Waals surface area contributed by atoms with E-state index in [2.05, 4.69) is 60.1 Å². The Hall–Kier alpha value is -2.59. The highest BCUT2D eigenvalue weighted by Gasteiger charge is 2.30. The summed E-state index contributed by atoms with van der Waals surface area (Å²) in [6, 6.07) is 13.2. The fourth-order valence-electron chi connectivity index (χ4n) is 4.63. The molecule has 32 heavy (non-hydrogen) atoms. The number of fused-ring (bicyclic) bond motifs is 1. The summed E-state index contributed by atoms with van der Waals surface area (Å²) in [4.78, 5) is 14.5. The second-order valence-corrected chi connectivity index (χ2v) is 9.78. The summed E-state index contributed by atoms with van der Waals surface area (Å²) in [6.45, 7) is 9.89. The van der Waals surface area contributed by atoms with Gasteiger partial charge in [-0.1, -0.05) is 43.0 Å².